The van der Waals surface area contributed by atoms with Crippen molar-refractivity contribution in [3.05, 3.63) is 57.6 Å². The van der Waals surface area contributed by atoms with Crippen LogP contribution in [0.2, 0.25) is 10.0 Å². The van der Waals surface area contributed by atoms with Crippen LogP contribution in [0.15, 0.2) is 35.3 Å². The predicted octanol–water partition coefficient (Wildman–Crippen LogP) is 5.77. The number of rotatable bonds is 8. The van der Waals surface area contributed by atoms with E-state index in [9.17, 15) is 9.18 Å². The predicted molar refractivity (Wildman–Crippen MR) is 111 cm³/mol. The molecule has 0 aliphatic carbocycles. The molecule has 0 fully saturated rings. The van der Waals surface area contributed by atoms with Gasteiger partial charge in [0.05, 0.1) is 11.4 Å². The van der Waals surface area contributed by atoms with Gasteiger partial charge in [-0.2, -0.15) is 4.39 Å². The van der Waals surface area contributed by atoms with E-state index in [0.29, 0.717) is 41.7 Å². The summed E-state index contributed by atoms with van der Waals surface area (Å²) in [5.74, 6) is -0.369. The lowest BCUT2D eigenvalue weighted by molar-refractivity contribution is -0.131. The van der Waals surface area contributed by atoms with Crippen molar-refractivity contribution >= 4 is 40.5 Å². The summed E-state index contributed by atoms with van der Waals surface area (Å²) >= 11 is 12.1. The monoisotopic (exact) mass is 421 g/mol. The summed E-state index contributed by atoms with van der Waals surface area (Å²) in [4.78, 5) is 22.6. The van der Waals surface area contributed by atoms with Crippen LogP contribution < -0.4 is 0 Å². The van der Waals surface area contributed by atoms with E-state index in [-0.39, 0.29) is 5.91 Å². The zero-order chi connectivity index (χ0) is 20.1. The van der Waals surface area contributed by atoms with Crippen LogP contribution in [0.1, 0.15) is 43.9 Å². The summed E-state index contributed by atoms with van der Waals surface area (Å²) in [5.41, 5.74) is 3.40. The fourth-order valence-electron chi connectivity index (χ4n) is 3.32. The van der Waals surface area contributed by atoms with Crippen LogP contribution in [-0.4, -0.2) is 28.0 Å². The minimum absolute atomic E-state index is 0.0985. The SMILES string of the molecule is CCC(=O)N(CCCCC1=Nc2ccc(F)nc2C1)Cc1cc(Cl)cc(Cl)c1. The zero-order valence-electron chi connectivity index (χ0n) is 15.7. The molecule has 1 aliphatic rings. The maximum absolute atomic E-state index is 13.2. The molecular weight excluding hydrogens is 400 g/mol. The van der Waals surface area contributed by atoms with E-state index < -0.39 is 5.95 Å². The minimum atomic E-state index is -0.468. The molecule has 0 unspecified atom stereocenters. The topological polar surface area (TPSA) is 45.6 Å². The number of aliphatic imine (C=N–C) groups is 1. The van der Waals surface area contributed by atoms with E-state index in [4.69, 9.17) is 23.2 Å². The van der Waals surface area contributed by atoms with Gasteiger partial charge < -0.3 is 4.90 Å². The molecule has 148 valence electrons. The molecule has 1 amide bonds. The highest BCUT2D eigenvalue weighted by Gasteiger charge is 2.17. The lowest BCUT2D eigenvalue weighted by atomic mass is 10.1. The van der Waals surface area contributed by atoms with Crippen molar-refractivity contribution in [3.63, 3.8) is 0 Å². The van der Waals surface area contributed by atoms with Gasteiger partial charge in [-0.05, 0) is 55.2 Å². The Kier molecular flexibility index (Phi) is 7.03. The average Bonchev–Trinajstić information content (AvgIpc) is 3.04. The Hall–Kier alpha value is -1.98. The number of halogens is 3. The number of nitrogens with zero attached hydrogens (tertiary/aromatic N) is 3. The number of fused-ring (bicyclic) bond motifs is 1. The Morgan fingerprint density at radius 1 is 1.18 bits per heavy atom. The number of carbonyl (C=O) groups is 1. The molecule has 1 aliphatic heterocycles. The number of carbonyl (C=O) groups excluding carboxylic acids is 1. The average molecular weight is 422 g/mol. The van der Waals surface area contributed by atoms with Crippen molar-refractivity contribution in [1.29, 1.82) is 0 Å². The van der Waals surface area contributed by atoms with Crippen LogP contribution in [0, 0.1) is 5.95 Å². The van der Waals surface area contributed by atoms with Crippen molar-refractivity contribution in [2.24, 2.45) is 4.99 Å². The fraction of sp³-hybridized carbons (Fsp3) is 0.381. The molecule has 1 aromatic heterocycles. The van der Waals surface area contributed by atoms with Gasteiger partial charge in [-0.1, -0.05) is 30.1 Å². The Morgan fingerprint density at radius 3 is 2.64 bits per heavy atom. The number of aromatic nitrogens is 1. The smallest absolute Gasteiger partial charge is 0.222 e. The van der Waals surface area contributed by atoms with E-state index in [1.54, 1.807) is 12.1 Å². The third-order valence-corrected chi connectivity index (χ3v) is 5.10. The summed E-state index contributed by atoms with van der Waals surface area (Å²) in [5, 5.41) is 1.13. The lowest BCUT2D eigenvalue weighted by Crippen LogP contribution is -2.31. The first-order valence-corrected chi connectivity index (χ1v) is 10.1. The molecule has 2 heterocycles. The van der Waals surface area contributed by atoms with E-state index in [2.05, 4.69) is 9.98 Å². The second kappa shape index (κ2) is 9.48. The van der Waals surface area contributed by atoms with E-state index >= 15 is 0 Å². The molecule has 1 aromatic carbocycles. The molecule has 0 N–H and O–H groups in total. The number of hydrogen-bond acceptors (Lipinski definition) is 3. The first kappa shape index (κ1) is 20.7. The van der Waals surface area contributed by atoms with E-state index in [0.717, 1.165) is 36.2 Å². The number of benzene rings is 1. The maximum atomic E-state index is 13.2. The molecule has 0 atom stereocenters. The quantitative estimate of drug-likeness (QED) is 0.401. The van der Waals surface area contributed by atoms with Crippen LogP contribution in [0.5, 0.6) is 0 Å². The van der Waals surface area contributed by atoms with Gasteiger partial charge >= 0.3 is 0 Å². The molecule has 28 heavy (non-hydrogen) atoms. The minimum Gasteiger partial charge on any atom is -0.338 e. The lowest BCUT2D eigenvalue weighted by Gasteiger charge is -2.22. The summed E-state index contributed by atoms with van der Waals surface area (Å²) in [6.07, 6.45) is 3.63. The van der Waals surface area contributed by atoms with Crippen LogP contribution >= 0.6 is 23.2 Å². The number of amides is 1. The fourth-order valence-corrected chi connectivity index (χ4v) is 3.89. The van der Waals surface area contributed by atoms with Gasteiger partial charge in [-0.3, -0.25) is 9.79 Å². The molecule has 0 spiro atoms. The molecule has 0 bridgehead atoms. The first-order valence-electron chi connectivity index (χ1n) is 9.39. The van der Waals surface area contributed by atoms with Crippen molar-refractivity contribution in [3.8, 4) is 0 Å². The van der Waals surface area contributed by atoms with Gasteiger partial charge in [-0.25, -0.2) is 4.98 Å². The molecule has 2 aromatic rings. The highest BCUT2D eigenvalue weighted by Crippen LogP contribution is 2.26. The third kappa shape index (κ3) is 5.52. The van der Waals surface area contributed by atoms with Gasteiger partial charge in [0, 0.05) is 41.7 Å². The molecule has 0 saturated heterocycles. The van der Waals surface area contributed by atoms with Gasteiger partial charge in [0.25, 0.3) is 0 Å². The Bertz CT molecular complexity index is 881. The third-order valence-electron chi connectivity index (χ3n) is 4.66. The van der Waals surface area contributed by atoms with Crippen LogP contribution in [-0.2, 0) is 17.8 Å². The standard InChI is InChI=1S/C21H22Cl2FN3O/c1-2-21(28)27(13-14-9-15(22)11-16(23)10-14)8-4-3-5-17-12-19-18(25-17)6-7-20(24)26-19/h6-7,9-11H,2-5,8,12-13H2,1H3. The normalized spacial score (nSPS) is 12.6. The van der Waals surface area contributed by atoms with Crippen molar-refractivity contribution in [2.75, 3.05) is 6.54 Å². The molecule has 7 heteroatoms. The summed E-state index contributed by atoms with van der Waals surface area (Å²) < 4.78 is 13.2. The number of pyridine rings is 1. The van der Waals surface area contributed by atoms with E-state index in [1.165, 1.54) is 6.07 Å². The van der Waals surface area contributed by atoms with Crippen molar-refractivity contribution in [2.45, 2.75) is 45.6 Å². The van der Waals surface area contributed by atoms with Gasteiger partial charge in [0.2, 0.25) is 11.9 Å². The molecule has 0 radical (unpaired) electrons. The van der Waals surface area contributed by atoms with Gasteiger partial charge in [0.1, 0.15) is 0 Å². The summed E-state index contributed by atoms with van der Waals surface area (Å²) in [7, 11) is 0. The largest absolute Gasteiger partial charge is 0.338 e. The van der Waals surface area contributed by atoms with Gasteiger partial charge in [0.15, 0.2) is 0 Å². The van der Waals surface area contributed by atoms with Crippen molar-refractivity contribution in [1.82, 2.24) is 9.88 Å². The molecular formula is C21H22Cl2FN3O. The van der Waals surface area contributed by atoms with Gasteiger partial charge in [-0.15, -0.1) is 0 Å². The molecule has 0 saturated carbocycles. The highest BCUT2D eigenvalue weighted by molar-refractivity contribution is 6.34. The number of unbranched alkanes of at least 4 members (excludes halogenated alkanes) is 1. The number of hydrogen-bond donors (Lipinski definition) is 0. The second-order valence-corrected chi connectivity index (χ2v) is 7.73. The van der Waals surface area contributed by atoms with Crippen LogP contribution in [0.3, 0.4) is 0 Å². The Morgan fingerprint density at radius 2 is 1.93 bits per heavy atom. The Labute approximate surface area is 174 Å². The van der Waals surface area contributed by atoms with Crippen molar-refractivity contribution < 1.29 is 9.18 Å². The second-order valence-electron chi connectivity index (χ2n) is 6.86. The van der Waals surface area contributed by atoms with Crippen LogP contribution in [0.4, 0.5) is 10.1 Å². The van der Waals surface area contributed by atoms with Crippen LogP contribution in [0.25, 0.3) is 0 Å². The Balaban J connectivity index is 1.51. The maximum Gasteiger partial charge on any atom is 0.222 e. The molecule has 4 nitrogen and oxygen atoms in total. The first-order chi connectivity index (χ1) is 13.4. The van der Waals surface area contributed by atoms with E-state index in [1.807, 2.05) is 24.0 Å². The highest BCUT2D eigenvalue weighted by atomic mass is 35.5. The summed E-state index contributed by atoms with van der Waals surface area (Å²) in [6, 6.07) is 8.35. The summed E-state index contributed by atoms with van der Waals surface area (Å²) in [6.45, 7) is 3.00. The molecule has 3 rings (SSSR count). The zero-order valence-corrected chi connectivity index (χ0v) is 17.2.